The molecule has 0 amide bonds. The fraction of sp³-hybridized carbons (Fsp3) is 0. The van der Waals surface area contributed by atoms with Crippen LogP contribution in [0.2, 0.25) is 0 Å². The van der Waals surface area contributed by atoms with Gasteiger partial charge in [-0.1, -0.05) is 12.1 Å². The summed E-state index contributed by atoms with van der Waals surface area (Å²) in [6.45, 7) is 0. The normalized spacial score (nSPS) is 11.3. The summed E-state index contributed by atoms with van der Waals surface area (Å²) >= 11 is 0. The van der Waals surface area contributed by atoms with Gasteiger partial charge in [0.1, 0.15) is 30.6 Å². The highest BCUT2D eigenvalue weighted by Crippen LogP contribution is 2.30. The Morgan fingerprint density at radius 1 is 0.636 bits per heavy atom. The SMILES string of the molecule is Nc1ncnc2ccc(-c3ccc4nc(-c5ccc(-n6cncn6)cc5)nc(N)c4c3)cc12. The predicted molar refractivity (Wildman–Crippen MR) is 127 cm³/mol. The van der Waals surface area contributed by atoms with E-state index in [1.807, 2.05) is 60.7 Å². The van der Waals surface area contributed by atoms with E-state index >= 15 is 0 Å². The first-order valence-corrected chi connectivity index (χ1v) is 10.2. The second-order valence-electron chi connectivity index (χ2n) is 7.54. The molecule has 9 nitrogen and oxygen atoms in total. The number of nitrogen functional groups attached to an aromatic ring is 2. The second kappa shape index (κ2) is 7.34. The van der Waals surface area contributed by atoms with Gasteiger partial charge in [-0.2, -0.15) is 5.10 Å². The van der Waals surface area contributed by atoms with Crippen molar-refractivity contribution in [2.24, 2.45) is 0 Å². The third-order valence-corrected chi connectivity index (χ3v) is 5.53. The molecule has 0 aliphatic rings. The maximum Gasteiger partial charge on any atom is 0.162 e. The second-order valence-corrected chi connectivity index (χ2v) is 7.54. The summed E-state index contributed by atoms with van der Waals surface area (Å²) in [6, 6.07) is 19.6. The number of hydrogen-bond acceptors (Lipinski definition) is 8. The van der Waals surface area contributed by atoms with E-state index in [0.29, 0.717) is 17.5 Å². The van der Waals surface area contributed by atoms with Gasteiger partial charge in [0.05, 0.1) is 16.7 Å². The van der Waals surface area contributed by atoms with Gasteiger partial charge in [0.25, 0.3) is 0 Å². The fourth-order valence-electron chi connectivity index (χ4n) is 3.82. The Morgan fingerprint density at radius 3 is 2.06 bits per heavy atom. The summed E-state index contributed by atoms with van der Waals surface area (Å²) in [6.07, 6.45) is 4.61. The summed E-state index contributed by atoms with van der Waals surface area (Å²) < 4.78 is 1.69. The third-order valence-electron chi connectivity index (χ3n) is 5.53. The third kappa shape index (κ3) is 3.28. The molecule has 6 aromatic rings. The molecule has 0 unspecified atom stereocenters. The zero-order chi connectivity index (χ0) is 22.4. The topological polar surface area (TPSA) is 134 Å². The van der Waals surface area contributed by atoms with Gasteiger partial charge in [0, 0.05) is 16.3 Å². The van der Waals surface area contributed by atoms with Crippen LogP contribution >= 0.6 is 0 Å². The molecule has 33 heavy (non-hydrogen) atoms. The van der Waals surface area contributed by atoms with Gasteiger partial charge in [-0.05, 0) is 59.7 Å². The summed E-state index contributed by atoms with van der Waals surface area (Å²) in [5.74, 6) is 1.43. The average molecular weight is 431 g/mol. The number of nitrogens with two attached hydrogens (primary N) is 2. The molecule has 4 N–H and O–H groups in total. The van der Waals surface area contributed by atoms with E-state index in [9.17, 15) is 0 Å². The van der Waals surface area contributed by atoms with Crippen LogP contribution in [-0.4, -0.2) is 34.7 Å². The molecule has 0 aliphatic heterocycles. The van der Waals surface area contributed by atoms with Crippen molar-refractivity contribution in [1.82, 2.24) is 34.7 Å². The Morgan fingerprint density at radius 2 is 1.33 bits per heavy atom. The lowest BCUT2D eigenvalue weighted by molar-refractivity contribution is 0.879. The van der Waals surface area contributed by atoms with Crippen LogP contribution in [0.25, 0.3) is 50.0 Å². The molecule has 3 aromatic carbocycles. The Balaban J connectivity index is 1.39. The van der Waals surface area contributed by atoms with Gasteiger partial charge < -0.3 is 11.5 Å². The van der Waals surface area contributed by atoms with Crippen molar-refractivity contribution in [3.63, 3.8) is 0 Å². The Kier molecular flexibility index (Phi) is 4.19. The molecule has 0 aliphatic carbocycles. The van der Waals surface area contributed by atoms with Crippen molar-refractivity contribution in [3.05, 3.63) is 79.6 Å². The van der Waals surface area contributed by atoms with Crippen molar-refractivity contribution in [2.75, 3.05) is 11.5 Å². The highest BCUT2D eigenvalue weighted by Gasteiger charge is 2.11. The van der Waals surface area contributed by atoms with E-state index in [2.05, 4.69) is 25.0 Å². The minimum absolute atomic E-state index is 0.417. The smallest absolute Gasteiger partial charge is 0.162 e. The predicted octanol–water partition coefficient (Wildman–Crippen LogP) is 3.65. The molecule has 9 heteroatoms. The monoisotopic (exact) mass is 431 g/mol. The minimum atomic E-state index is 0.417. The van der Waals surface area contributed by atoms with Crippen molar-refractivity contribution in [3.8, 4) is 28.2 Å². The van der Waals surface area contributed by atoms with E-state index in [-0.39, 0.29) is 0 Å². The quantitative estimate of drug-likeness (QED) is 0.434. The number of anilines is 2. The minimum Gasteiger partial charge on any atom is -0.383 e. The van der Waals surface area contributed by atoms with Crippen LogP contribution in [0.5, 0.6) is 0 Å². The van der Waals surface area contributed by atoms with E-state index < -0.39 is 0 Å². The molecule has 0 saturated heterocycles. The van der Waals surface area contributed by atoms with Crippen LogP contribution in [0.4, 0.5) is 11.6 Å². The average Bonchev–Trinajstić information content (AvgIpc) is 3.39. The molecular weight excluding hydrogens is 414 g/mol. The molecule has 158 valence electrons. The van der Waals surface area contributed by atoms with Crippen LogP contribution in [0.15, 0.2) is 79.6 Å². The van der Waals surface area contributed by atoms with Crippen LogP contribution in [0.1, 0.15) is 0 Å². The van der Waals surface area contributed by atoms with Crippen molar-refractivity contribution in [1.29, 1.82) is 0 Å². The van der Waals surface area contributed by atoms with E-state index in [0.717, 1.165) is 44.2 Å². The van der Waals surface area contributed by atoms with Gasteiger partial charge >= 0.3 is 0 Å². The highest BCUT2D eigenvalue weighted by atomic mass is 15.3. The van der Waals surface area contributed by atoms with Crippen molar-refractivity contribution < 1.29 is 0 Å². The Bertz CT molecular complexity index is 1620. The molecule has 0 spiro atoms. The lowest BCUT2D eigenvalue weighted by atomic mass is 10.0. The van der Waals surface area contributed by atoms with Crippen molar-refractivity contribution in [2.45, 2.75) is 0 Å². The molecule has 6 rings (SSSR count). The molecule has 0 radical (unpaired) electrons. The lowest BCUT2D eigenvalue weighted by Gasteiger charge is -2.09. The number of hydrogen-bond donors (Lipinski definition) is 2. The van der Waals surface area contributed by atoms with Crippen molar-refractivity contribution >= 4 is 33.4 Å². The summed E-state index contributed by atoms with van der Waals surface area (Å²) in [7, 11) is 0. The van der Waals surface area contributed by atoms with Gasteiger partial charge in [-0.3, -0.25) is 0 Å². The summed E-state index contributed by atoms with van der Waals surface area (Å²) in [5.41, 5.74) is 17.7. The van der Waals surface area contributed by atoms with Crippen LogP contribution < -0.4 is 11.5 Å². The molecule has 0 atom stereocenters. The van der Waals surface area contributed by atoms with Crippen LogP contribution in [0.3, 0.4) is 0 Å². The highest BCUT2D eigenvalue weighted by molar-refractivity contribution is 5.95. The zero-order valence-corrected chi connectivity index (χ0v) is 17.3. The van der Waals surface area contributed by atoms with Crippen LogP contribution in [0, 0.1) is 0 Å². The number of fused-ring (bicyclic) bond motifs is 2. The first-order valence-electron chi connectivity index (χ1n) is 10.2. The number of nitrogens with zero attached hydrogens (tertiary/aromatic N) is 7. The zero-order valence-electron chi connectivity index (χ0n) is 17.3. The maximum atomic E-state index is 6.35. The van der Waals surface area contributed by atoms with E-state index in [1.54, 1.807) is 11.0 Å². The fourth-order valence-corrected chi connectivity index (χ4v) is 3.82. The number of benzene rings is 3. The van der Waals surface area contributed by atoms with E-state index in [4.69, 9.17) is 16.5 Å². The molecule has 0 bridgehead atoms. The molecule has 3 heterocycles. The lowest BCUT2D eigenvalue weighted by Crippen LogP contribution is -1.99. The molecular formula is C24H17N9. The standard InChI is InChI=1S/C24H17N9/c25-22-18-9-15(3-7-20(18)28-12-29-22)16-4-8-21-19(10-16)23(26)32-24(31-21)14-1-5-17(6-2-14)33-13-27-11-30-33/h1-13H,(H2,25,28,29)(H2,26,31,32). The van der Waals surface area contributed by atoms with E-state index in [1.165, 1.54) is 12.7 Å². The molecule has 0 saturated carbocycles. The number of aromatic nitrogens is 7. The van der Waals surface area contributed by atoms with Gasteiger partial charge in [-0.15, -0.1) is 0 Å². The molecule has 3 aromatic heterocycles. The molecule has 0 fully saturated rings. The summed E-state index contributed by atoms with van der Waals surface area (Å²) in [5, 5.41) is 5.73. The Hall–Kier alpha value is -4.92. The van der Waals surface area contributed by atoms with Crippen LogP contribution in [-0.2, 0) is 0 Å². The number of rotatable bonds is 3. The largest absolute Gasteiger partial charge is 0.383 e. The Labute approximate surface area is 187 Å². The van der Waals surface area contributed by atoms with Gasteiger partial charge in [-0.25, -0.2) is 29.6 Å². The van der Waals surface area contributed by atoms with Gasteiger partial charge in [0.15, 0.2) is 5.82 Å². The maximum absolute atomic E-state index is 6.35. The first-order chi connectivity index (χ1) is 16.2. The van der Waals surface area contributed by atoms with Gasteiger partial charge in [0.2, 0.25) is 0 Å². The first kappa shape index (κ1) is 18.8. The summed E-state index contributed by atoms with van der Waals surface area (Å²) in [4.78, 5) is 21.6.